The Kier molecular flexibility index (Phi) is 5.34. The van der Waals surface area contributed by atoms with E-state index in [-0.39, 0.29) is 0 Å². The van der Waals surface area contributed by atoms with Crippen molar-refractivity contribution in [3.63, 3.8) is 0 Å². The second kappa shape index (κ2) is 6.78. The lowest BCUT2D eigenvalue weighted by Crippen LogP contribution is -2.34. The Balaban J connectivity index is 1.59. The first-order valence-electron chi connectivity index (χ1n) is 8.00. The molecule has 2 fully saturated rings. The number of piperidine rings is 1. The van der Waals surface area contributed by atoms with Gasteiger partial charge in [-0.3, -0.25) is 0 Å². The van der Waals surface area contributed by atoms with Crippen LogP contribution in [0.3, 0.4) is 0 Å². The molecule has 2 aliphatic rings. The standard InChI is InChI=1S/C16H31N/c1-3-15-4-6-16(7-5-15)10-13-17-11-8-14(2)9-12-17/h14-16H,3-13H2,1-2H3. The van der Waals surface area contributed by atoms with E-state index in [2.05, 4.69) is 18.7 Å². The summed E-state index contributed by atoms with van der Waals surface area (Å²) in [6.45, 7) is 8.88. The molecule has 1 saturated carbocycles. The summed E-state index contributed by atoms with van der Waals surface area (Å²) >= 11 is 0. The minimum absolute atomic E-state index is 0.978. The van der Waals surface area contributed by atoms with Crippen LogP contribution in [-0.4, -0.2) is 24.5 Å². The largest absolute Gasteiger partial charge is 0.303 e. The van der Waals surface area contributed by atoms with E-state index >= 15 is 0 Å². The van der Waals surface area contributed by atoms with Crippen molar-refractivity contribution in [3.05, 3.63) is 0 Å². The van der Waals surface area contributed by atoms with Crippen molar-refractivity contribution in [1.82, 2.24) is 4.90 Å². The fourth-order valence-electron chi connectivity index (χ4n) is 3.58. The summed E-state index contributed by atoms with van der Waals surface area (Å²) in [7, 11) is 0. The summed E-state index contributed by atoms with van der Waals surface area (Å²) in [4.78, 5) is 2.71. The molecule has 0 amide bonds. The lowest BCUT2D eigenvalue weighted by molar-refractivity contribution is 0.166. The van der Waals surface area contributed by atoms with Crippen LogP contribution in [0.15, 0.2) is 0 Å². The molecular weight excluding hydrogens is 206 g/mol. The number of nitrogens with zero attached hydrogens (tertiary/aromatic N) is 1. The summed E-state index contributed by atoms with van der Waals surface area (Å²) in [5, 5.41) is 0. The maximum Gasteiger partial charge on any atom is -0.00161 e. The second-order valence-electron chi connectivity index (χ2n) is 6.61. The molecule has 0 aromatic rings. The van der Waals surface area contributed by atoms with E-state index < -0.39 is 0 Å². The van der Waals surface area contributed by atoms with Gasteiger partial charge in [0, 0.05) is 0 Å². The predicted octanol–water partition coefficient (Wildman–Crippen LogP) is 4.32. The highest BCUT2D eigenvalue weighted by molar-refractivity contribution is 4.75. The first-order valence-corrected chi connectivity index (χ1v) is 8.00. The van der Waals surface area contributed by atoms with Gasteiger partial charge in [-0.15, -0.1) is 0 Å². The summed E-state index contributed by atoms with van der Waals surface area (Å²) < 4.78 is 0. The first kappa shape index (κ1) is 13.4. The molecule has 17 heavy (non-hydrogen) atoms. The average Bonchev–Trinajstić information content (AvgIpc) is 2.39. The fraction of sp³-hybridized carbons (Fsp3) is 1.00. The fourth-order valence-corrected chi connectivity index (χ4v) is 3.58. The highest BCUT2D eigenvalue weighted by Gasteiger charge is 2.21. The molecule has 0 aromatic heterocycles. The Morgan fingerprint density at radius 2 is 1.47 bits per heavy atom. The first-order chi connectivity index (χ1) is 8.28. The Morgan fingerprint density at radius 3 is 2.06 bits per heavy atom. The van der Waals surface area contributed by atoms with Gasteiger partial charge in [0.25, 0.3) is 0 Å². The lowest BCUT2D eigenvalue weighted by atomic mass is 9.79. The van der Waals surface area contributed by atoms with Crippen molar-refractivity contribution in [2.45, 2.75) is 65.2 Å². The quantitative estimate of drug-likeness (QED) is 0.703. The van der Waals surface area contributed by atoms with Gasteiger partial charge < -0.3 is 4.90 Å². The van der Waals surface area contributed by atoms with Crippen molar-refractivity contribution in [1.29, 1.82) is 0 Å². The molecule has 1 aliphatic carbocycles. The zero-order chi connectivity index (χ0) is 12.1. The van der Waals surface area contributed by atoms with Crippen molar-refractivity contribution in [3.8, 4) is 0 Å². The summed E-state index contributed by atoms with van der Waals surface area (Å²) in [6, 6.07) is 0. The lowest BCUT2D eigenvalue weighted by Gasteiger charge is -2.33. The van der Waals surface area contributed by atoms with E-state index in [9.17, 15) is 0 Å². The van der Waals surface area contributed by atoms with Gasteiger partial charge in [0.1, 0.15) is 0 Å². The minimum atomic E-state index is 0.978. The van der Waals surface area contributed by atoms with Crippen LogP contribution >= 0.6 is 0 Å². The molecule has 0 aromatic carbocycles. The Hall–Kier alpha value is -0.0400. The molecule has 1 heteroatoms. The third-order valence-electron chi connectivity index (χ3n) is 5.27. The molecule has 0 radical (unpaired) electrons. The zero-order valence-electron chi connectivity index (χ0n) is 12.0. The summed E-state index contributed by atoms with van der Waals surface area (Å²) in [5.41, 5.74) is 0. The SMILES string of the molecule is CCC1CCC(CCN2CCC(C)CC2)CC1. The van der Waals surface area contributed by atoms with Gasteiger partial charge in [0.05, 0.1) is 0 Å². The van der Waals surface area contributed by atoms with Crippen LogP contribution in [0.1, 0.15) is 65.2 Å². The van der Waals surface area contributed by atoms with Crippen molar-refractivity contribution in [2.75, 3.05) is 19.6 Å². The topological polar surface area (TPSA) is 3.24 Å². The maximum atomic E-state index is 2.71. The Labute approximate surface area is 108 Å². The average molecular weight is 237 g/mol. The molecule has 0 N–H and O–H groups in total. The second-order valence-corrected chi connectivity index (χ2v) is 6.61. The molecule has 1 saturated heterocycles. The molecule has 1 heterocycles. The molecule has 0 bridgehead atoms. The highest BCUT2D eigenvalue weighted by atomic mass is 15.1. The maximum absolute atomic E-state index is 2.71. The van der Waals surface area contributed by atoms with Crippen LogP contribution < -0.4 is 0 Å². The van der Waals surface area contributed by atoms with Crippen molar-refractivity contribution < 1.29 is 0 Å². The summed E-state index contributed by atoms with van der Waals surface area (Å²) in [5.74, 6) is 3.09. The van der Waals surface area contributed by atoms with Crippen LogP contribution in [0.5, 0.6) is 0 Å². The zero-order valence-corrected chi connectivity index (χ0v) is 12.0. The van der Waals surface area contributed by atoms with Crippen molar-refractivity contribution >= 4 is 0 Å². The van der Waals surface area contributed by atoms with Gasteiger partial charge in [-0.25, -0.2) is 0 Å². The van der Waals surface area contributed by atoms with E-state index in [0.29, 0.717) is 0 Å². The Morgan fingerprint density at radius 1 is 0.882 bits per heavy atom. The van der Waals surface area contributed by atoms with E-state index in [1.807, 2.05) is 0 Å². The molecule has 0 spiro atoms. The van der Waals surface area contributed by atoms with Crippen molar-refractivity contribution in [2.24, 2.45) is 17.8 Å². The molecule has 1 nitrogen and oxygen atoms in total. The van der Waals surface area contributed by atoms with Crippen LogP contribution in [0.4, 0.5) is 0 Å². The summed E-state index contributed by atoms with van der Waals surface area (Å²) in [6.07, 6.45) is 11.8. The van der Waals surface area contributed by atoms with Crippen LogP contribution in [0, 0.1) is 17.8 Å². The number of rotatable bonds is 4. The van der Waals surface area contributed by atoms with Gasteiger partial charge >= 0.3 is 0 Å². The molecule has 100 valence electrons. The van der Waals surface area contributed by atoms with Gasteiger partial charge in [-0.1, -0.05) is 46.0 Å². The number of hydrogen-bond donors (Lipinski definition) is 0. The van der Waals surface area contributed by atoms with Gasteiger partial charge in [-0.2, -0.15) is 0 Å². The molecule has 0 atom stereocenters. The monoisotopic (exact) mass is 237 g/mol. The van der Waals surface area contributed by atoms with E-state index in [1.165, 1.54) is 71.0 Å². The minimum Gasteiger partial charge on any atom is -0.303 e. The molecule has 0 unspecified atom stereocenters. The smallest absolute Gasteiger partial charge is 0.00161 e. The highest BCUT2D eigenvalue weighted by Crippen LogP contribution is 2.32. The van der Waals surface area contributed by atoms with Crippen LogP contribution in [0.2, 0.25) is 0 Å². The third-order valence-corrected chi connectivity index (χ3v) is 5.27. The van der Waals surface area contributed by atoms with E-state index in [0.717, 1.165) is 17.8 Å². The van der Waals surface area contributed by atoms with E-state index in [4.69, 9.17) is 0 Å². The number of likely N-dealkylation sites (tertiary alicyclic amines) is 1. The number of hydrogen-bond acceptors (Lipinski definition) is 1. The normalized spacial score (nSPS) is 32.8. The molecule has 2 rings (SSSR count). The van der Waals surface area contributed by atoms with Gasteiger partial charge in [-0.05, 0) is 56.7 Å². The third kappa shape index (κ3) is 4.28. The molecule has 1 aliphatic heterocycles. The van der Waals surface area contributed by atoms with Crippen LogP contribution in [0.25, 0.3) is 0 Å². The van der Waals surface area contributed by atoms with Crippen LogP contribution in [-0.2, 0) is 0 Å². The van der Waals surface area contributed by atoms with Gasteiger partial charge in [0.15, 0.2) is 0 Å². The van der Waals surface area contributed by atoms with E-state index in [1.54, 1.807) is 0 Å². The Bertz CT molecular complexity index is 198. The predicted molar refractivity (Wildman–Crippen MR) is 75.2 cm³/mol. The molecular formula is C16H31N. The van der Waals surface area contributed by atoms with Gasteiger partial charge in [0.2, 0.25) is 0 Å².